The minimum atomic E-state index is -4.19. The first-order chi connectivity index (χ1) is 7.45. The van der Waals surface area contributed by atoms with E-state index < -0.39 is 12.1 Å². The first kappa shape index (κ1) is 13.0. The zero-order valence-electron chi connectivity index (χ0n) is 9.22. The van der Waals surface area contributed by atoms with Gasteiger partial charge >= 0.3 is 6.18 Å². The van der Waals surface area contributed by atoms with E-state index in [4.69, 9.17) is 5.73 Å². The van der Waals surface area contributed by atoms with E-state index in [1.807, 2.05) is 0 Å². The summed E-state index contributed by atoms with van der Waals surface area (Å²) in [4.78, 5) is 0. The van der Waals surface area contributed by atoms with E-state index in [-0.39, 0.29) is 6.42 Å². The smallest absolute Gasteiger partial charge is 0.330 e. The summed E-state index contributed by atoms with van der Waals surface area (Å²) >= 11 is 0. The molecule has 1 unspecified atom stereocenters. The number of aryl methyl sites for hydroxylation is 1. The van der Waals surface area contributed by atoms with E-state index in [0.29, 0.717) is 18.5 Å². The summed E-state index contributed by atoms with van der Waals surface area (Å²) in [5.41, 5.74) is 6.44. The van der Waals surface area contributed by atoms with Gasteiger partial charge in [0.2, 0.25) is 0 Å². The third-order valence-corrected chi connectivity index (χ3v) is 2.54. The van der Waals surface area contributed by atoms with Gasteiger partial charge in [-0.25, -0.2) is 0 Å². The largest absolute Gasteiger partial charge is 0.395 e. The highest BCUT2D eigenvalue weighted by Gasteiger charge is 2.39. The number of rotatable bonds is 4. The van der Waals surface area contributed by atoms with Crippen LogP contribution >= 0.6 is 0 Å². The lowest BCUT2D eigenvalue weighted by Crippen LogP contribution is -2.21. The predicted molar refractivity (Wildman–Crippen MR) is 58.3 cm³/mol. The molecule has 0 radical (unpaired) electrons. The number of hydrogen-bond donors (Lipinski definition) is 1. The first-order valence-electron chi connectivity index (χ1n) is 5.28. The van der Waals surface area contributed by atoms with E-state index in [1.165, 1.54) is 6.07 Å². The molecular weight excluding hydrogens is 215 g/mol. The maximum absolute atomic E-state index is 12.8. The number of benzene rings is 1. The van der Waals surface area contributed by atoms with Crippen LogP contribution < -0.4 is 5.73 Å². The van der Waals surface area contributed by atoms with Crippen molar-refractivity contribution in [3.8, 4) is 0 Å². The second kappa shape index (κ2) is 5.34. The van der Waals surface area contributed by atoms with Crippen molar-refractivity contribution in [1.82, 2.24) is 0 Å². The van der Waals surface area contributed by atoms with Gasteiger partial charge in [0.25, 0.3) is 0 Å². The van der Waals surface area contributed by atoms with Crippen LogP contribution in [0.4, 0.5) is 13.2 Å². The van der Waals surface area contributed by atoms with Crippen LogP contribution in [0.1, 0.15) is 29.9 Å². The third kappa shape index (κ3) is 3.52. The standard InChI is InChI=1S/C12H16F3N/c1-9-4-2-5-10(8-9)11(6-3-7-16)12(13,14)15/h2,4-5,8,11H,3,6-7,16H2,1H3. The Balaban J connectivity index is 2.92. The van der Waals surface area contributed by atoms with Crippen molar-refractivity contribution in [1.29, 1.82) is 0 Å². The zero-order chi connectivity index (χ0) is 12.2. The molecule has 0 aliphatic heterocycles. The molecule has 1 rings (SSSR count). The van der Waals surface area contributed by atoms with Gasteiger partial charge in [-0.2, -0.15) is 13.2 Å². The molecule has 0 spiro atoms. The molecule has 1 nitrogen and oxygen atoms in total. The fourth-order valence-corrected chi connectivity index (χ4v) is 1.73. The van der Waals surface area contributed by atoms with Crippen molar-refractivity contribution < 1.29 is 13.2 Å². The summed E-state index contributed by atoms with van der Waals surface area (Å²) in [7, 11) is 0. The van der Waals surface area contributed by atoms with Crippen molar-refractivity contribution in [3.63, 3.8) is 0 Å². The quantitative estimate of drug-likeness (QED) is 0.844. The van der Waals surface area contributed by atoms with Gasteiger partial charge in [-0.05, 0) is 31.9 Å². The highest BCUT2D eigenvalue weighted by atomic mass is 19.4. The summed E-state index contributed by atoms with van der Waals surface area (Å²) in [5, 5.41) is 0. The minimum Gasteiger partial charge on any atom is -0.330 e. The average molecular weight is 231 g/mol. The fourth-order valence-electron chi connectivity index (χ4n) is 1.73. The van der Waals surface area contributed by atoms with Gasteiger partial charge in [-0.15, -0.1) is 0 Å². The molecule has 90 valence electrons. The second-order valence-corrected chi connectivity index (χ2v) is 3.94. The Morgan fingerprint density at radius 1 is 1.31 bits per heavy atom. The summed E-state index contributed by atoms with van der Waals surface area (Å²) in [6.45, 7) is 2.08. The molecular formula is C12H16F3N. The molecule has 0 amide bonds. The van der Waals surface area contributed by atoms with Crippen molar-refractivity contribution in [3.05, 3.63) is 35.4 Å². The van der Waals surface area contributed by atoms with E-state index >= 15 is 0 Å². The normalized spacial score (nSPS) is 13.8. The summed E-state index contributed by atoms with van der Waals surface area (Å²) in [6, 6.07) is 6.57. The Labute approximate surface area is 93.5 Å². The maximum Gasteiger partial charge on any atom is 0.395 e. The van der Waals surface area contributed by atoms with Crippen LogP contribution in [0.3, 0.4) is 0 Å². The number of halogens is 3. The van der Waals surface area contributed by atoms with Crippen LogP contribution in [0.2, 0.25) is 0 Å². The van der Waals surface area contributed by atoms with Crippen molar-refractivity contribution in [2.24, 2.45) is 5.73 Å². The molecule has 0 fully saturated rings. The number of alkyl halides is 3. The average Bonchev–Trinajstić information content (AvgIpc) is 2.16. The molecule has 1 aromatic carbocycles. The minimum absolute atomic E-state index is 0.0590. The third-order valence-electron chi connectivity index (χ3n) is 2.54. The molecule has 4 heteroatoms. The Hall–Kier alpha value is -1.03. The molecule has 0 aromatic heterocycles. The van der Waals surface area contributed by atoms with Gasteiger partial charge in [-0.1, -0.05) is 29.8 Å². The summed E-state index contributed by atoms with van der Waals surface area (Å²) < 4.78 is 38.5. The predicted octanol–water partition coefficient (Wildman–Crippen LogP) is 3.38. The van der Waals surface area contributed by atoms with Gasteiger partial charge in [0.1, 0.15) is 0 Å². The summed E-state index contributed by atoms with van der Waals surface area (Å²) in [5.74, 6) is -1.39. The first-order valence-corrected chi connectivity index (χ1v) is 5.28. The lowest BCUT2D eigenvalue weighted by molar-refractivity contribution is -0.152. The van der Waals surface area contributed by atoms with Gasteiger partial charge in [0.05, 0.1) is 5.92 Å². The highest BCUT2D eigenvalue weighted by Crippen LogP contribution is 2.38. The fraction of sp³-hybridized carbons (Fsp3) is 0.500. The van der Waals surface area contributed by atoms with Crippen LogP contribution in [-0.4, -0.2) is 12.7 Å². The van der Waals surface area contributed by atoms with Crippen LogP contribution in [0.15, 0.2) is 24.3 Å². The Morgan fingerprint density at radius 2 is 2.00 bits per heavy atom. The lowest BCUT2D eigenvalue weighted by atomic mass is 9.92. The molecule has 0 heterocycles. The van der Waals surface area contributed by atoms with Gasteiger partial charge in [0.15, 0.2) is 0 Å². The van der Waals surface area contributed by atoms with E-state index in [2.05, 4.69) is 0 Å². The summed E-state index contributed by atoms with van der Waals surface area (Å²) in [6.07, 6.45) is -3.75. The molecule has 1 atom stereocenters. The van der Waals surface area contributed by atoms with Gasteiger partial charge in [0, 0.05) is 0 Å². The van der Waals surface area contributed by atoms with Crippen LogP contribution in [0.25, 0.3) is 0 Å². The van der Waals surface area contributed by atoms with Crippen molar-refractivity contribution in [2.45, 2.75) is 31.9 Å². The topological polar surface area (TPSA) is 26.0 Å². The Kier molecular flexibility index (Phi) is 4.35. The van der Waals surface area contributed by atoms with Crippen LogP contribution in [0, 0.1) is 6.92 Å². The molecule has 0 bridgehead atoms. The van der Waals surface area contributed by atoms with Crippen LogP contribution in [-0.2, 0) is 0 Å². The maximum atomic E-state index is 12.8. The zero-order valence-corrected chi connectivity index (χ0v) is 9.22. The number of nitrogens with two attached hydrogens (primary N) is 1. The van der Waals surface area contributed by atoms with Crippen LogP contribution in [0.5, 0.6) is 0 Å². The van der Waals surface area contributed by atoms with E-state index in [9.17, 15) is 13.2 Å². The Morgan fingerprint density at radius 3 is 2.50 bits per heavy atom. The highest BCUT2D eigenvalue weighted by molar-refractivity contribution is 5.26. The van der Waals surface area contributed by atoms with Gasteiger partial charge in [-0.3, -0.25) is 0 Å². The second-order valence-electron chi connectivity index (χ2n) is 3.94. The Bertz CT molecular complexity index is 333. The molecule has 16 heavy (non-hydrogen) atoms. The van der Waals surface area contributed by atoms with Gasteiger partial charge < -0.3 is 5.73 Å². The van der Waals surface area contributed by atoms with E-state index in [1.54, 1.807) is 25.1 Å². The molecule has 1 aromatic rings. The lowest BCUT2D eigenvalue weighted by Gasteiger charge is -2.20. The SMILES string of the molecule is Cc1cccc(C(CCCN)C(F)(F)F)c1. The number of hydrogen-bond acceptors (Lipinski definition) is 1. The monoisotopic (exact) mass is 231 g/mol. The van der Waals surface area contributed by atoms with Crippen molar-refractivity contribution in [2.75, 3.05) is 6.54 Å². The molecule has 0 aliphatic carbocycles. The van der Waals surface area contributed by atoms with E-state index in [0.717, 1.165) is 5.56 Å². The molecule has 2 N–H and O–H groups in total. The van der Waals surface area contributed by atoms with Crippen molar-refractivity contribution >= 4 is 0 Å². The molecule has 0 aliphatic rings. The molecule has 0 saturated heterocycles. The molecule has 0 saturated carbocycles.